The van der Waals surface area contributed by atoms with Gasteiger partial charge in [-0.1, -0.05) is 71.6 Å². The number of hydrogen-bond donors (Lipinski definition) is 0. The molecule has 0 unspecified atom stereocenters. The van der Waals surface area contributed by atoms with Crippen LogP contribution >= 0.6 is 0 Å². The predicted molar refractivity (Wildman–Crippen MR) is 147 cm³/mol. The van der Waals surface area contributed by atoms with Gasteiger partial charge in [0.15, 0.2) is 0 Å². The number of esters is 1. The summed E-state index contributed by atoms with van der Waals surface area (Å²) in [4.78, 5) is 12.3. The zero-order chi connectivity index (χ0) is 25.2. The summed E-state index contributed by atoms with van der Waals surface area (Å²) >= 11 is 0. The molecule has 4 rings (SSSR count). The van der Waals surface area contributed by atoms with Crippen molar-refractivity contribution in [2.24, 2.45) is 46.3 Å². The number of fused-ring (bicyclic) bond motifs is 5. The number of rotatable bonds is 10. The van der Waals surface area contributed by atoms with Gasteiger partial charge in [0.2, 0.25) is 0 Å². The van der Waals surface area contributed by atoms with E-state index < -0.39 is 0 Å². The van der Waals surface area contributed by atoms with Gasteiger partial charge in [0.25, 0.3) is 0 Å². The zero-order valence-corrected chi connectivity index (χ0v) is 23.6. The van der Waals surface area contributed by atoms with Crippen LogP contribution < -0.4 is 0 Å². The second kappa shape index (κ2) is 11.1. The molecular weight excluding hydrogens is 428 g/mol. The summed E-state index contributed by atoms with van der Waals surface area (Å²) in [5, 5.41) is 0. The van der Waals surface area contributed by atoms with Crippen LogP contribution in [0.4, 0.5) is 0 Å². The van der Waals surface area contributed by atoms with Gasteiger partial charge in [0, 0.05) is 12.8 Å². The molecule has 0 heterocycles. The Morgan fingerprint density at radius 1 is 1.09 bits per heavy atom. The highest BCUT2D eigenvalue weighted by Crippen LogP contribution is 2.67. The highest BCUT2D eigenvalue weighted by Gasteiger charge is 2.59. The van der Waals surface area contributed by atoms with Gasteiger partial charge in [-0.05, 0) is 104 Å². The maximum absolute atomic E-state index is 12.3. The summed E-state index contributed by atoms with van der Waals surface area (Å²) < 4.78 is 5.93. The van der Waals surface area contributed by atoms with Crippen LogP contribution in [0, 0.1) is 46.3 Å². The predicted octanol–water partition coefficient (Wildman–Crippen LogP) is 9.30. The number of carbonyl (C=O) groups excluding carboxylic acids is 1. The molecule has 0 aromatic carbocycles. The summed E-state index contributed by atoms with van der Waals surface area (Å²) in [6, 6.07) is 0. The largest absolute Gasteiger partial charge is 0.462 e. The van der Waals surface area contributed by atoms with Crippen molar-refractivity contribution in [3.05, 3.63) is 24.3 Å². The van der Waals surface area contributed by atoms with E-state index in [2.05, 4.69) is 47.3 Å². The van der Waals surface area contributed by atoms with Crippen LogP contribution in [0.5, 0.6) is 0 Å². The van der Waals surface area contributed by atoms with E-state index in [0.29, 0.717) is 17.3 Å². The van der Waals surface area contributed by atoms with E-state index in [9.17, 15) is 4.79 Å². The second-order valence-corrected chi connectivity index (χ2v) is 13.8. The molecule has 35 heavy (non-hydrogen) atoms. The molecular formula is C33H54O2. The van der Waals surface area contributed by atoms with Gasteiger partial charge in [-0.15, -0.1) is 6.58 Å². The Morgan fingerprint density at radius 3 is 2.63 bits per heavy atom. The topological polar surface area (TPSA) is 26.3 Å². The van der Waals surface area contributed by atoms with E-state index in [1.54, 1.807) is 5.57 Å². The van der Waals surface area contributed by atoms with Crippen molar-refractivity contribution < 1.29 is 9.53 Å². The minimum Gasteiger partial charge on any atom is -0.462 e. The minimum atomic E-state index is -0.0114. The first-order valence-corrected chi connectivity index (χ1v) is 15.2. The van der Waals surface area contributed by atoms with Crippen LogP contribution in [0.15, 0.2) is 24.3 Å². The smallest absolute Gasteiger partial charge is 0.306 e. The summed E-state index contributed by atoms with van der Waals surface area (Å²) in [7, 11) is 0. The quantitative estimate of drug-likeness (QED) is 0.176. The van der Waals surface area contributed by atoms with Gasteiger partial charge in [0.1, 0.15) is 6.10 Å². The highest BCUT2D eigenvalue weighted by atomic mass is 16.5. The van der Waals surface area contributed by atoms with E-state index in [0.717, 1.165) is 61.2 Å². The lowest BCUT2D eigenvalue weighted by atomic mass is 9.47. The van der Waals surface area contributed by atoms with Crippen molar-refractivity contribution in [1.82, 2.24) is 0 Å². The van der Waals surface area contributed by atoms with Crippen molar-refractivity contribution in [2.45, 2.75) is 131 Å². The molecule has 0 radical (unpaired) electrons. The lowest BCUT2D eigenvalue weighted by molar-refractivity contribution is -0.151. The Kier molecular flexibility index (Phi) is 8.59. The zero-order valence-electron chi connectivity index (χ0n) is 23.6. The van der Waals surface area contributed by atoms with Crippen LogP contribution in [-0.4, -0.2) is 12.1 Å². The molecule has 0 N–H and O–H groups in total. The van der Waals surface area contributed by atoms with Crippen molar-refractivity contribution in [3.63, 3.8) is 0 Å². The fourth-order valence-electron chi connectivity index (χ4n) is 9.39. The fraction of sp³-hybridized carbons (Fsp3) is 0.848. The maximum atomic E-state index is 12.3. The average molecular weight is 483 g/mol. The normalized spacial score (nSPS) is 39.3. The SMILES string of the molecule is C=CCCCC(=O)O[C@H]1CC[C@@]2(C)C(=CC[C@H]3[C@@H]4CC[C@H]([C@H](C)CCCC(C)C)[C@@]4(C)CC[C@@H]32)C1. The van der Waals surface area contributed by atoms with Crippen LogP contribution in [0.1, 0.15) is 125 Å². The Hall–Kier alpha value is -1.05. The number of allylic oxidation sites excluding steroid dienone is 2. The molecule has 0 spiro atoms. The van der Waals surface area contributed by atoms with Crippen molar-refractivity contribution >= 4 is 5.97 Å². The van der Waals surface area contributed by atoms with E-state index in [1.807, 2.05) is 6.08 Å². The van der Waals surface area contributed by atoms with Crippen molar-refractivity contribution in [1.29, 1.82) is 0 Å². The first-order valence-electron chi connectivity index (χ1n) is 15.2. The number of ether oxygens (including phenoxy) is 1. The number of unbranched alkanes of at least 4 members (excludes halogenated alkanes) is 1. The first kappa shape index (κ1) is 27.0. The van der Waals surface area contributed by atoms with E-state index in [4.69, 9.17) is 4.74 Å². The molecule has 3 fully saturated rings. The number of carbonyl (C=O) groups is 1. The minimum absolute atomic E-state index is 0.0114. The average Bonchev–Trinajstić information content (AvgIpc) is 3.16. The Labute approximate surface area is 216 Å². The molecule has 3 saturated carbocycles. The first-order chi connectivity index (χ1) is 16.7. The molecule has 2 heteroatoms. The molecule has 0 aromatic heterocycles. The molecule has 0 amide bonds. The van der Waals surface area contributed by atoms with Crippen LogP contribution in [0.25, 0.3) is 0 Å². The van der Waals surface area contributed by atoms with E-state index >= 15 is 0 Å². The maximum Gasteiger partial charge on any atom is 0.306 e. The lowest BCUT2D eigenvalue weighted by Gasteiger charge is -2.58. The van der Waals surface area contributed by atoms with Gasteiger partial charge in [-0.25, -0.2) is 0 Å². The Balaban J connectivity index is 1.39. The van der Waals surface area contributed by atoms with Gasteiger partial charge < -0.3 is 4.74 Å². The monoisotopic (exact) mass is 482 g/mol. The molecule has 2 nitrogen and oxygen atoms in total. The second-order valence-electron chi connectivity index (χ2n) is 13.8. The van der Waals surface area contributed by atoms with Crippen LogP contribution in [0.3, 0.4) is 0 Å². The van der Waals surface area contributed by atoms with Gasteiger partial charge >= 0.3 is 5.97 Å². The third kappa shape index (κ3) is 5.47. The van der Waals surface area contributed by atoms with Gasteiger partial charge in [-0.3, -0.25) is 4.79 Å². The third-order valence-electron chi connectivity index (χ3n) is 11.3. The summed E-state index contributed by atoms with van der Waals surface area (Å²) in [6.45, 7) is 16.3. The van der Waals surface area contributed by atoms with E-state index in [-0.39, 0.29) is 12.1 Å². The van der Waals surface area contributed by atoms with E-state index in [1.165, 1.54) is 57.8 Å². The van der Waals surface area contributed by atoms with Crippen LogP contribution in [-0.2, 0) is 9.53 Å². The van der Waals surface area contributed by atoms with Crippen molar-refractivity contribution in [2.75, 3.05) is 0 Å². The summed E-state index contributed by atoms with van der Waals surface area (Å²) in [5.41, 5.74) is 2.50. The Morgan fingerprint density at radius 2 is 1.89 bits per heavy atom. The molecule has 198 valence electrons. The lowest BCUT2D eigenvalue weighted by Crippen LogP contribution is -2.51. The van der Waals surface area contributed by atoms with Gasteiger partial charge in [-0.2, -0.15) is 0 Å². The standard InChI is InChI=1S/C33H54O2/c1-7-8-9-13-31(34)35-26-18-20-32(5)25(22-26)14-15-27-29-17-16-28(24(4)12-10-11-23(2)3)33(29,6)21-19-30(27)32/h7,14,23-24,26-30H,1,8-13,15-22H2,2-6H3/t24-,26+,27+,28-,29+,30+,32+,33-/m1/s1. The molecule has 0 bridgehead atoms. The molecule has 0 saturated heterocycles. The number of hydrogen-bond acceptors (Lipinski definition) is 2. The van der Waals surface area contributed by atoms with Gasteiger partial charge in [0.05, 0.1) is 0 Å². The fourth-order valence-corrected chi connectivity index (χ4v) is 9.39. The Bertz CT molecular complexity index is 780. The molecule has 8 atom stereocenters. The highest BCUT2D eigenvalue weighted by molar-refractivity contribution is 5.69. The molecule has 0 aromatic rings. The molecule has 0 aliphatic heterocycles. The molecule has 4 aliphatic rings. The third-order valence-corrected chi connectivity index (χ3v) is 11.3. The van der Waals surface area contributed by atoms with Crippen molar-refractivity contribution in [3.8, 4) is 0 Å². The summed E-state index contributed by atoms with van der Waals surface area (Å²) in [5.74, 6) is 5.24. The van der Waals surface area contributed by atoms with Crippen LogP contribution in [0.2, 0.25) is 0 Å². The summed E-state index contributed by atoms with van der Waals surface area (Å²) in [6.07, 6.45) is 21.3. The molecule has 4 aliphatic carbocycles.